The van der Waals surface area contributed by atoms with Gasteiger partial charge in [0.2, 0.25) is 0 Å². The number of halogens is 1. The molecule has 22 heavy (non-hydrogen) atoms. The molecular weight excluding hydrogens is 291 g/mol. The minimum Gasteiger partial charge on any atom is -0.497 e. The molecule has 0 saturated carbocycles. The van der Waals surface area contributed by atoms with Crippen LogP contribution in [0.1, 0.15) is 11.1 Å². The van der Waals surface area contributed by atoms with Crippen molar-refractivity contribution in [3.05, 3.63) is 62.4 Å². The molecule has 0 unspecified atom stereocenters. The van der Waals surface area contributed by atoms with Gasteiger partial charge in [-0.15, -0.1) is 0 Å². The molecule has 0 aliphatic carbocycles. The predicted octanol–water partition coefficient (Wildman–Crippen LogP) is 0.871. The topological polar surface area (TPSA) is 70.3 Å². The Hall–Kier alpha value is -2.70. The monoisotopic (exact) mass is 306 g/mol. The first-order valence-corrected chi connectivity index (χ1v) is 6.54. The number of hydrogen-bond acceptors (Lipinski definition) is 4. The number of aryl methyl sites for hydroxylation is 1. The van der Waals surface area contributed by atoms with Gasteiger partial charge in [-0.1, -0.05) is 12.1 Å². The maximum absolute atomic E-state index is 12.5. The molecule has 0 aliphatic rings. The van der Waals surface area contributed by atoms with Crippen molar-refractivity contribution >= 4 is 6.04 Å². The molecule has 1 aromatic carbocycles. The fourth-order valence-electron chi connectivity index (χ4n) is 2.10. The summed E-state index contributed by atoms with van der Waals surface area (Å²) >= 11 is 0. The number of rotatable bonds is 5. The standard InChI is InChI=1S/C15H15FN2O4/c1-10-7-17(9-13(16)19)15(21)18(14(10)20)8-11-3-5-12(22-2)6-4-11/h3-7H,8-9H2,1-2H3. The van der Waals surface area contributed by atoms with Crippen LogP contribution in [0, 0.1) is 6.92 Å². The second-order valence-corrected chi connectivity index (χ2v) is 4.82. The Morgan fingerprint density at radius 2 is 1.86 bits per heavy atom. The summed E-state index contributed by atoms with van der Waals surface area (Å²) in [4.78, 5) is 34.9. The van der Waals surface area contributed by atoms with Gasteiger partial charge in [0.1, 0.15) is 12.3 Å². The Morgan fingerprint density at radius 3 is 2.41 bits per heavy atom. The Morgan fingerprint density at radius 1 is 1.23 bits per heavy atom. The highest BCUT2D eigenvalue weighted by Gasteiger charge is 2.11. The van der Waals surface area contributed by atoms with Crippen LogP contribution in [0.5, 0.6) is 5.75 Å². The molecule has 1 heterocycles. The second kappa shape index (κ2) is 6.38. The lowest BCUT2D eigenvalue weighted by molar-refractivity contribution is -0.129. The van der Waals surface area contributed by atoms with Crippen LogP contribution in [0.3, 0.4) is 0 Å². The molecule has 1 aromatic heterocycles. The largest absolute Gasteiger partial charge is 0.497 e. The van der Waals surface area contributed by atoms with Gasteiger partial charge in [-0.3, -0.25) is 18.7 Å². The van der Waals surface area contributed by atoms with E-state index < -0.39 is 23.8 Å². The first kappa shape index (κ1) is 15.7. The molecule has 0 bridgehead atoms. The molecule has 2 rings (SSSR count). The summed E-state index contributed by atoms with van der Waals surface area (Å²) in [5.41, 5.74) is -0.223. The summed E-state index contributed by atoms with van der Waals surface area (Å²) in [6.45, 7) is 0.831. The summed E-state index contributed by atoms with van der Waals surface area (Å²) in [6, 6.07) is 5.21. The number of carbonyl (C=O) groups excluding carboxylic acids is 1. The van der Waals surface area contributed by atoms with Gasteiger partial charge < -0.3 is 4.74 Å². The van der Waals surface area contributed by atoms with Crippen LogP contribution in [0.25, 0.3) is 0 Å². The number of benzene rings is 1. The van der Waals surface area contributed by atoms with E-state index >= 15 is 0 Å². The van der Waals surface area contributed by atoms with Gasteiger partial charge in [0.15, 0.2) is 0 Å². The van der Waals surface area contributed by atoms with Gasteiger partial charge in [-0.25, -0.2) is 4.79 Å². The van der Waals surface area contributed by atoms with E-state index in [-0.39, 0.29) is 12.1 Å². The highest BCUT2D eigenvalue weighted by molar-refractivity contribution is 5.67. The van der Waals surface area contributed by atoms with Gasteiger partial charge >= 0.3 is 11.7 Å². The molecule has 0 aliphatic heterocycles. The fraction of sp³-hybridized carbons (Fsp3) is 0.267. The third-order valence-corrected chi connectivity index (χ3v) is 3.20. The zero-order chi connectivity index (χ0) is 16.3. The van der Waals surface area contributed by atoms with Crippen LogP contribution in [-0.4, -0.2) is 22.3 Å². The molecule has 0 saturated heterocycles. The number of hydrogen-bond donors (Lipinski definition) is 0. The van der Waals surface area contributed by atoms with Crippen molar-refractivity contribution in [2.45, 2.75) is 20.0 Å². The summed E-state index contributed by atoms with van der Waals surface area (Å²) in [5.74, 6) is 0.653. The molecule has 7 heteroatoms. The molecule has 0 radical (unpaired) electrons. The number of ether oxygens (including phenoxy) is 1. The molecule has 6 nitrogen and oxygen atoms in total. The molecular formula is C15H15FN2O4. The first-order chi connectivity index (χ1) is 10.4. The van der Waals surface area contributed by atoms with E-state index in [9.17, 15) is 18.8 Å². The van der Waals surface area contributed by atoms with Crippen LogP contribution in [0.2, 0.25) is 0 Å². The van der Waals surface area contributed by atoms with Crippen LogP contribution in [0.4, 0.5) is 4.39 Å². The van der Waals surface area contributed by atoms with Crippen molar-refractivity contribution in [3.8, 4) is 5.75 Å². The molecule has 0 amide bonds. The minimum absolute atomic E-state index is 0.0316. The average Bonchev–Trinajstić information content (AvgIpc) is 2.49. The Bertz CT molecular complexity index is 806. The quantitative estimate of drug-likeness (QED) is 0.769. The van der Waals surface area contributed by atoms with Crippen molar-refractivity contribution in [3.63, 3.8) is 0 Å². The Labute approximate surface area is 125 Å². The maximum atomic E-state index is 12.5. The van der Waals surface area contributed by atoms with Crippen molar-refractivity contribution < 1.29 is 13.9 Å². The second-order valence-electron chi connectivity index (χ2n) is 4.82. The van der Waals surface area contributed by atoms with Crippen LogP contribution in [0.15, 0.2) is 40.1 Å². The lowest BCUT2D eigenvalue weighted by Crippen LogP contribution is -2.41. The van der Waals surface area contributed by atoms with E-state index in [1.165, 1.54) is 20.2 Å². The predicted molar refractivity (Wildman–Crippen MR) is 77.9 cm³/mol. The molecule has 0 N–H and O–H groups in total. The molecule has 2 aromatic rings. The van der Waals surface area contributed by atoms with Gasteiger partial charge in [-0.05, 0) is 24.6 Å². The smallest absolute Gasteiger partial charge is 0.331 e. The first-order valence-electron chi connectivity index (χ1n) is 6.54. The summed E-state index contributed by atoms with van der Waals surface area (Å²) in [7, 11) is 1.53. The van der Waals surface area contributed by atoms with E-state index in [1.54, 1.807) is 24.3 Å². The third-order valence-electron chi connectivity index (χ3n) is 3.20. The normalized spacial score (nSPS) is 10.5. The van der Waals surface area contributed by atoms with E-state index in [0.717, 1.165) is 9.13 Å². The van der Waals surface area contributed by atoms with E-state index in [4.69, 9.17) is 4.74 Å². The molecule has 0 spiro atoms. The van der Waals surface area contributed by atoms with Crippen molar-refractivity contribution in [1.82, 2.24) is 9.13 Å². The summed E-state index contributed by atoms with van der Waals surface area (Å²) < 4.78 is 19.4. The fourth-order valence-corrected chi connectivity index (χ4v) is 2.10. The molecule has 0 fully saturated rings. The van der Waals surface area contributed by atoms with E-state index in [2.05, 4.69) is 0 Å². The third kappa shape index (κ3) is 3.30. The highest BCUT2D eigenvalue weighted by Crippen LogP contribution is 2.11. The van der Waals surface area contributed by atoms with Gasteiger partial charge in [-0.2, -0.15) is 4.39 Å². The number of methoxy groups -OCH3 is 1. The molecule has 116 valence electrons. The highest BCUT2D eigenvalue weighted by atomic mass is 19.1. The van der Waals surface area contributed by atoms with Gasteiger partial charge in [0.25, 0.3) is 5.56 Å². The SMILES string of the molecule is COc1ccc(Cn2c(=O)c(C)cn(CC(=O)F)c2=O)cc1. The van der Waals surface area contributed by atoms with Crippen LogP contribution in [-0.2, 0) is 17.9 Å². The van der Waals surface area contributed by atoms with E-state index in [1.807, 2.05) is 0 Å². The maximum Gasteiger partial charge on any atom is 0.331 e. The lowest BCUT2D eigenvalue weighted by Gasteiger charge is -2.10. The zero-order valence-corrected chi connectivity index (χ0v) is 12.2. The average molecular weight is 306 g/mol. The van der Waals surface area contributed by atoms with Crippen LogP contribution < -0.4 is 16.0 Å². The summed E-state index contributed by atoms with van der Waals surface area (Å²) in [5, 5.41) is 0. The van der Waals surface area contributed by atoms with Gasteiger partial charge in [0.05, 0.1) is 13.7 Å². The number of carbonyl (C=O) groups is 1. The van der Waals surface area contributed by atoms with Crippen molar-refractivity contribution in [1.29, 1.82) is 0 Å². The number of aromatic nitrogens is 2. The summed E-state index contributed by atoms with van der Waals surface area (Å²) in [6.07, 6.45) is 1.19. The Balaban J connectivity index is 2.44. The van der Waals surface area contributed by atoms with Crippen molar-refractivity contribution in [2.75, 3.05) is 7.11 Å². The zero-order valence-electron chi connectivity index (χ0n) is 12.2. The minimum atomic E-state index is -1.64. The van der Waals surface area contributed by atoms with Gasteiger partial charge in [0, 0.05) is 11.8 Å². The van der Waals surface area contributed by atoms with E-state index in [0.29, 0.717) is 11.3 Å². The van der Waals surface area contributed by atoms with Crippen LogP contribution >= 0.6 is 0 Å². The van der Waals surface area contributed by atoms with Crippen molar-refractivity contribution in [2.24, 2.45) is 0 Å². The molecule has 0 atom stereocenters. The Kier molecular flexibility index (Phi) is 4.55. The number of nitrogens with zero attached hydrogens (tertiary/aromatic N) is 2. The lowest BCUT2D eigenvalue weighted by atomic mass is 10.2.